The maximum absolute atomic E-state index is 12.3. The van der Waals surface area contributed by atoms with Crippen LogP contribution in [0.5, 0.6) is 0 Å². The summed E-state index contributed by atoms with van der Waals surface area (Å²) >= 11 is 0. The Balaban J connectivity index is 1.89. The Bertz CT molecular complexity index is 1030. The number of fused-ring (bicyclic) bond motifs is 1. The molecular weight excluding hydrogens is 427 g/mol. The number of hydrogen-bond acceptors (Lipinski definition) is 10. The first-order chi connectivity index (χ1) is 14.0. The zero-order valence-electron chi connectivity index (χ0n) is 15.8. The van der Waals surface area contributed by atoms with Gasteiger partial charge >= 0.3 is 7.82 Å². The number of nitrogens with one attached hydrogen (secondary N) is 3. The van der Waals surface area contributed by atoms with E-state index >= 15 is 0 Å². The first-order valence-corrected chi connectivity index (χ1v) is 10.2. The molecule has 0 saturated carbocycles. The maximum Gasteiger partial charge on any atom is 0.469 e. The van der Waals surface area contributed by atoms with E-state index in [0.717, 1.165) is 6.33 Å². The standard InChI is InChI=1S/C14H21N6O9P/c1-5(11(23)15-2)17-14-18-10-7(12(24)19-14)16-4-20(10)13-9(22)8(21)6(29-13)3-28-30(25,26)27/h4-6,8-9,13,21-22H,3H2,1-2H3,(H,15,23)(H2,25,26,27)(H2,17,18,19,24)/t5-,6-,8-,9-,13-/m1/s1. The lowest BCUT2D eigenvalue weighted by molar-refractivity contribution is -0.121. The molecule has 2 aromatic heterocycles. The number of anilines is 1. The van der Waals surface area contributed by atoms with E-state index in [9.17, 15) is 24.4 Å². The summed E-state index contributed by atoms with van der Waals surface area (Å²) < 4.78 is 21.8. The summed E-state index contributed by atoms with van der Waals surface area (Å²) in [6.07, 6.45) is -4.44. The third-order valence-electron chi connectivity index (χ3n) is 4.44. The Labute approximate surface area is 168 Å². The molecule has 2 aromatic rings. The van der Waals surface area contributed by atoms with Crippen molar-refractivity contribution >= 4 is 30.8 Å². The third kappa shape index (κ3) is 4.52. The lowest BCUT2D eigenvalue weighted by Crippen LogP contribution is -2.36. The van der Waals surface area contributed by atoms with Crippen LogP contribution in [0.2, 0.25) is 0 Å². The van der Waals surface area contributed by atoms with Crippen LogP contribution in [0.25, 0.3) is 11.2 Å². The van der Waals surface area contributed by atoms with Gasteiger partial charge in [0.05, 0.1) is 12.9 Å². The molecule has 15 nitrogen and oxygen atoms in total. The van der Waals surface area contributed by atoms with Gasteiger partial charge in [0, 0.05) is 7.05 Å². The number of carbonyl (C=O) groups excluding carboxylic acids is 1. The molecule has 1 saturated heterocycles. The number of aromatic nitrogens is 4. The number of imidazole rings is 1. The molecule has 166 valence electrons. The molecule has 0 bridgehead atoms. The number of aromatic amines is 1. The second kappa shape index (κ2) is 8.39. The predicted octanol–water partition coefficient (Wildman–Crippen LogP) is -2.61. The molecule has 1 amide bonds. The van der Waals surface area contributed by atoms with Gasteiger partial charge in [-0.2, -0.15) is 4.98 Å². The number of H-pyrrole nitrogens is 1. The third-order valence-corrected chi connectivity index (χ3v) is 4.93. The number of rotatable bonds is 7. The van der Waals surface area contributed by atoms with Crippen LogP contribution in [-0.4, -0.2) is 83.4 Å². The summed E-state index contributed by atoms with van der Waals surface area (Å²) in [6.45, 7) is 0.863. The average Bonchev–Trinajstić information content (AvgIpc) is 3.21. The Morgan fingerprint density at radius 3 is 2.77 bits per heavy atom. The molecule has 5 atom stereocenters. The van der Waals surface area contributed by atoms with Gasteiger partial charge in [0.15, 0.2) is 17.4 Å². The van der Waals surface area contributed by atoms with Crippen molar-refractivity contribution in [2.45, 2.75) is 37.5 Å². The van der Waals surface area contributed by atoms with Gasteiger partial charge < -0.3 is 35.4 Å². The molecule has 3 rings (SSSR count). The second-order valence-electron chi connectivity index (χ2n) is 6.55. The minimum Gasteiger partial charge on any atom is -0.387 e. The highest BCUT2D eigenvalue weighted by Crippen LogP contribution is 2.38. The van der Waals surface area contributed by atoms with Crippen LogP contribution in [0.4, 0.5) is 5.95 Å². The molecule has 1 fully saturated rings. The van der Waals surface area contributed by atoms with Crippen molar-refractivity contribution in [2.75, 3.05) is 19.0 Å². The van der Waals surface area contributed by atoms with Gasteiger partial charge in [-0.05, 0) is 6.92 Å². The molecule has 30 heavy (non-hydrogen) atoms. The highest BCUT2D eigenvalue weighted by Gasteiger charge is 2.45. The Morgan fingerprint density at radius 2 is 2.13 bits per heavy atom. The fourth-order valence-electron chi connectivity index (χ4n) is 2.94. The minimum absolute atomic E-state index is 0.0156. The van der Waals surface area contributed by atoms with E-state index in [4.69, 9.17) is 14.5 Å². The van der Waals surface area contributed by atoms with E-state index in [0.29, 0.717) is 0 Å². The quantitative estimate of drug-likeness (QED) is 0.217. The van der Waals surface area contributed by atoms with Crippen LogP contribution >= 0.6 is 7.82 Å². The van der Waals surface area contributed by atoms with Gasteiger partial charge in [-0.3, -0.25) is 23.7 Å². The van der Waals surface area contributed by atoms with Crippen LogP contribution in [0.15, 0.2) is 11.1 Å². The summed E-state index contributed by atoms with van der Waals surface area (Å²) in [5.74, 6) is -0.392. The fourth-order valence-corrected chi connectivity index (χ4v) is 3.28. The highest BCUT2D eigenvalue weighted by molar-refractivity contribution is 7.46. The molecule has 0 spiro atoms. The van der Waals surface area contributed by atoms with Gasteiger partial charge in [0.1, 0.15) is 24.4 Å². The van der Waals surface area contributed by atoms with E-state index in [-0.39, 0.29) is 23.0 Å². The monoisotopic (exact) mass is 448 g/mol. The number of phosphoric ester groups is 1. The molecule has 3 heterocycles. The summed E-state index contributed by atoms with van der Waals surface area (Å²) in [6, 6.07) is -0.726. The number of nitrogens with zero attached hydrogens (tertiary/aromatic N) is 3. The molecule has 0 radical (unpaired) electrons. The smallest absolute Gasteiger partial charge is 0.387 e. The average molecular weight is 448 g/mol. The van der Waals surface area contributed by atoms with Crippen LogP contribution in [0.1, 0.15) is 13.2 Å². The lowest BCUT2D eigenvalue weighted by atomic mass is 10.1. The van der Waals surface area contributed by atoms with Crippen molar-refractivity contribution in [3.63, 3.8) is 0 Å². The van der Waals surface area contributed by atoms with Crippen molar-refractivity contribution in [2.24, 2.45) is 0 Å². The molecule has 1 aliphatic heterocycles. The van der Waals surface area contributed by atoms with Gasteiger partial charge in [-0.1, -0.05) is 0 Å². The topological polar surface area (TPSA) is 221 Å². The summed E-state index contributed by atoms with van der Waals surface area (Å²) in [5.41, 5.74) is -0.730. The second-order valence-corrected chi connectivity index (χ2v) is 7.79. The molecule has 16 heteroatoms. The maximum atomic E-state index is 12.3. The van der Waals surface area contributed by atoms with E-state index in [2.05, 4.69) is 30.1 Å². The Hall–Kier alpha value is -2.39. The van der Waals surface area contributed by atoms with Gasteiger partial charge in [-0.15, -0.1) is 0 Å². The van der Waals surface area contributed by atoms with Crippen LogP contribution in [-0.2, 0) is 18.6 Å². The van der Waals surface area contributed by atoms with Gasteiger partial charge in [0.2, 0.25) is 11.9 Å². The molecule has 0 aromatic carbocycles. The zero-order valence-corrected chi connectivity index (χ0v) is 16.7. The number of likely N-dealkylation sites (N-methyl/N-ethyl adjacent to an activating group) is 1. The van der Waals surface area contributed by atoms with E-state index in [1.807, 2.05) is 0 Å². The Kier molecular flexibility index (Phi) is 6.24. The molecule has 0 aliphatic carbocycles. The summed E-state index contributed by atoms with van der Waals surface area (Å²) in [4.78, 5) is 52.1. The highest BCUT2D eigenvalue weighted by atomic mass is 31.2. The molecule has 7 N–H and O–H groups in total. The van der Waals surface area contributed by atoms with E-state index in [1.54, 1.807) is 6.92 Å². The fraction of sp³-hybridized carbons (Fsp3) is 0.571. The summed E-state index contributed by atoms with van der Waals surface area (Å²) in [7, 11) is -3.36. The van der Waals surface area contributed by atoms with Crippen molar-refractivity contribution in [1.82, 2.24) is 24.8 Å². The van der Waals surface area contributed by atoms with Crippen molar-refractivity contribution < 1.29 is 38.6 Å². The van der Waals surface area contributed by atoms with E-state index in [1.165, 1.54) is 11.6 Å². The first-order valence-electron chi connectivity index (χ1n) is 8.68. The normalized spacial score (nSPS) is 25.4. The lowest BCUT2D eigenvalue weighted by Gasteiger charge is -2.17. The zero-order chi connectivity index (χ0) is 22.2. The molecular formula is C14H21N6O9P. The molecule has 0 unspecified atom stereocenters. The van der Waals surface area contributed by atoms with Crippen molar-refractivity contribution in [1.29, 1.82) is 0 Å². The number of ether oxygens (including phenoxy) is 1. The van der Waals surface area contributed by atoms with Crippen LogP contribution in [0.3, 0.4) is 0 Å². The van der Waals surface area contributed by atoms with E-state index < -0.39 is 50.6 Å². The van der Waals surface area contributed by atoms with Crippen molar-refractivity contribution in [3.8, 4) is 0 Å². The minimum atomic E-state index is -4.81. The number of phosphoric acid groups is 1. The first kappa shape index (κ1) is 22.3. The van der Waals surface area contributed by atoms with Crippen molar-refractivity contribution in [3.05, 3.63) is 16.7 Å². The largest absolute Gasteiger partial charge is 0.469 e. The summed E-state index contributed by atoms with van der Waals surface area (Å²) in [5, 5.41) is 25.6. The number of aliphatic hydroxyl groups excluding tert-OH is 2. The van der Waals surface area contributed by atoms with Gasteiger partial charge in [0.25, 0.3) is 5.56 Å². The van der Waals surface area contributed by atoms with Gasteiger partial charge in [-0.25, -0.2) is 9.55 Å². The Morgan fingerprint density at radius 1 is 1.43 bits per heavy atom. The molecule has 1 aliphatic rings. The number of carbonyl (C=O) groups is 1. The predicted molar refractivity (Wildman–Crippen MR) is 99.2 cm³/mol. The number of amides is 1. The van der Waals surface area contributed by atoms with Crippen LogP contribution < -0.4 is 16.2 Å². The van der Waals surface area contributed by atoms with Crippen LogP contribution in [0, 0.1) is 0 Å². The number of aliphatic hydroxyl groups is 2. The number of hydrogen-bond donors (Lipinski definition) is 7. The SMILES string of the molecule is CNC(=O)[C@@H](C)Nc1nc2c(ncn2[C@@H]2O[C@H](COP(=O)(O)O)[C@@H](O)[C@H]2O)c(=O)[nH]1.